The highest BCUT2D eigenvalue weighted by Crippen LogP contribution is 2.22. The van der Waals surface area contributed by atoms with Gasteiger partial charge >= 0.3 is 0 Å². The summed E-state index contributed by atoms with van der Waals surface area (Å²) in [6.07, 6.45) is 5.20. The number of nitrogens with zero attached hydrogens (tertiary/aromatic N) is 3. The number of aromatic nitrogens is 4. The Balaban J connectivity index is 2.01. The third kappa shape index (κ3) is 1.79. The Morgan fingerprint density at radius 3 is 2.89 bits per heavy atom. The summed E-state index contributed by atoms with van der Waals surface area (Å²) in [5.41, 5.74) is 3.94. The Morgan fingerprint density at radius 2 is 2.06 bits per heavy atom. The summed E-state index contributed by atoms with van der Waals surface area (Å²) >= 11 is 0. The number of hydrogen-bond acceptors (Lipinski definition) is 4. The molecular weight excluding hydrogens is 226 g/mol. The molecule has 3 aromatic heterocycles. The van der Waals surface area contributed by atoms with Crippen molar-refractivity contribution in [1.29, 1.82) is 0 Å². The van der Waals surface area contributed by atoms with Crippen LogP contribution >= 0.6 is 0 Å². The lowest BCUT2D eigenvalue weighted by Gasteiger charge is -2.07. The van der Waals surface area contributed by atoms with Crippen molar-refractivity contribution in [1.82, 2.24) is 19.9 Å². The van der Waals surface area contributed by atoms with E-state index in [2.05, 4.69) is 31.3 Å². The van der Waals surface area contributed by atoms with Crippen LogP contribution < -0.4 is 5.32 Å². The van der Waals surface area contributed by atoms with Crippen LogP contribution in [0.1, 0.15) is 11.3 Å². The SMILES string of the molecule is Cc1cc(Nc2ncnc3[nH]ccc23)cnc1C. The van der Waals surface area contributed by atoms with Crippen LogP contribution in [-0.2, 0) is 0 Å². The van der Waals surface area contributed by atoms with E-state index in [1.54, 1.807) is 0 Å². The summed E-state index contributed by atoms with van der Waals surface area (Å²) in [5, 5.41) is 4.24. The number of rotatable bonds is 2. The number of aromatic amines is 1. The van der Waals surface area contributed by atoms with Gasteiger partial charge in [-0.15, -0.1) is 0 Å². The highest BCUT2D eigenvalue weighted by Gasteiger charge is 2.05. The molecule has 5 nitrogen and oxygen atoms in total. The number of fused-ring (bicyclic) bond motifs is 1. The lowest BCUT2D eigenvalue weighted by atomic mass is 10.2. The molecule has 0 amide bonds. The number of pyridine rings is 1. The van der Waals surface area contributed by atoms with Crippen LogP contribution in [0.3, 0.4) is 0 Å². The molecule has 0 aliphatic carbocycles. The molecule has 0 aliphatic heterocycles. The summed E-state index contributed by atoms with van der Waals surface area (Å²) in [4.78, 5) is 15.8. The monoisotopic (exact) mass is 239 g/mol. The first-order valence-electron chi connectivity index (χ1n) is 5.72. The van der Waals surface area contributed by atoms with Gasteiger partial charge in [-0.2, -0.15) is 0 Å². The minimum absolute atomic E-state index is 0.784. The largest absolute Gasteiger partial charge is 0.346 e. The summed E-state index contributed by atoms with van der Waals surface area (Å²) in [6, 6.07) is 4.01. The third-order valence-electron chi connectivity index (χ3n) is 2.96. The second-order valence-electron chi connectivity index (χ2n) is 4.21. The molecule has 0 aliphatic rings. The molecule has 18 heavy (non-hydrogen) atoms. The molecule has 0 radical (unpaired) electrons. The van der Waals surface area contributed by atoms with Crippen molar-refractivity contribution in [2.75, 3.05) is 5.32 Å². The van der Waals surface area contributed by atoms with E-state index in [0.29, 0.717) is 0 Å². The van der Waals surface area contributed by atoms with Gasteiger partial charge in [0.15, 0.2) is 0 Å². The number of nitrogens with one attached hydrogen (secondary N) is 2. The van der Waals surface area contributed by atoms with Crippen molar-refractivity contribution in [2.24, 2.45) is 0 Å². The highest BCUT2D eigenvalue weighted by molar-refractivity contribution is 5.88. The lowest BCUT2D eigenvalue weighted by molar-refractivity contribution is 1.14. The van der Waals surface area contributed by atoms with Crippen LogP contribution in [0, 0.1) is 13.8 Å². The molecule has 3 aromatic rings. The summed E-state index contributed by atoms with van der Waals surface area (Å²) < 4.78 is 0. The van der Waals surface area contributed by atoms with Gasteiger partial charge in [0.2, 0.25) is 0 Å². The number of H-pyrrole nitrogens is 1. The molecule has 0 saturated carbocycles. The average molecular weight is 239 g/mol. The van der Waals surface area contributed by atoms with Crippen molar-refractivity contribution in [3.63, 3.8) is 0 Å². The second-order valence-corrected chi connectivity index (χ2v) is 4.21. The molecule has 0 unspecified atom stereocenters. The van der Waals surface area contributed by atoms with Gasteiger partial charge in [0.1, 0.15) is 17.8 Å². The first-order valence-corrected chi connectivity index (χ1v) is 5.72. The molecule has 0 atom stereocenters. The number of aryl methyl sites for hydroxylation is 2. The maximum atomic E-state index is 4.33. The van der Waals surface area contributed by atoms with Crippen LogP contribution in [0.2, 0.25) is 0 Å². The van der Waals surface area contributed by atoms with Crippen LogP contribution in [0.5, 0.6) is 0 Å². The molecule has 5 heteroatoms. The van der Waals surface area contributed by atoms with Crippen LogP contribution in [0.25, 0.3) is 11.0 Å². The number of anilines is 2. The Hall–Kier alpha value is -2.43. The van der Waals surface area contributed by atoms with Crippen molar-refractivity contribution >= 4 is 22.5 Å². The van der Waals surface area contributed by atoms with E-state index in [-0.39, 0.29) is 0 Å². The molecular formula is C13H13N5. The summed E-state index contributed by atoms with van der Waals surface area (Å²) in [6.45, 7) is 4.04. The van der Waals surface area contributed by atoms with Crippen molar-refractivity contribution in [3.8, 4) is 0 Å². The second kappa shape index (κ2) is 4.10. The van der Waals surface area contributed by atoms with Gasteiger partial charge in [0.25, 0.3) is 0 Å². The van der Waals surface area contributed by atoms with Crippen LogP contribution in [0.4, 0.5) is 11.5 Å². The van der Waals surface area contributed by atoms with E-state index in [4.69, 9.17) is 0 Å². The number of hydrogen-bond donors (Lipinski definition) is 2. The fourth-order valence-corrected chi connectivity index (χ4v) is 1.82. The minimum atomic E-state index is 0.784. The van der Waals surface area contributed by atoms with Crippen molar-refractivity contribution in [3.05, 3.63) is 42.1 Å². The fraction of sp³-hybridized carbons (Fsp3) is 0.154. The van der Waals surface area contributed by atoms with Gasteiger partial charge in [-0.05, 0) is 31.5 Å². The topological polar surface area (TPSA) is 66.5 Å². The predicted molar refractivity (Wildman–Crippen MR) is 70.9 cm³/mol. The van der Waals surface area contributed by atoms with Gasteiger partial charge < -0.3 is 10.3 Å². The normalized spacial score (nSPS) is 10.8. The zero-order valence-electron chi connectivity index (χ0n) is 10.2. The van der Waals surface area contributed by atoms with Gasteiger partial charge in [0.05, 0.1) is 17.3 Å². The maximum Gasteiger partial charge on any atom is 0.143 e. The molecule has 0 fully saturated rings. The van der Waals surface area contributed by atoms with E-state index in [9.17, 15) is 0 Å². The Bertz CT molecular complexity index is 701. The van der Waals surface area contributed by atoms with Crippen molar-refractivity contribution < 1.29 is 0 Å². The first-order chi connectivity index (χ1) is 8.74. The smallest absolute Gasteiger partial charge is 0.143 e. The molecule has 0 saturated heterocycles. The van der Waals surface area contributed by atoms with Crippen LogP contribution in [0.15, 0.2) is 30.9 Å². The molecule has 0 aromatic carbocycles. The third-order valence-corrected chi connectivity index (χ3v) is 2.96. The highest BCUT2D eigenvalue weighted by atomic mass is 15.0. The molecule has 0 spiro atoms. The molecule has 3 heterocycles. The van der Waals surface area contributed by atoms with E-state index < -0.39 is 0 Å². The van der Waals surface area contributed by atoms with Gasteiger partial charge in [-0.25, -0.2) is 9.97 Å². The van der Waals surface area contributed by atoms with E-state index in [0.717, 1.165) is 33.8 Å². The standard InChI is InChI=1S/C13H13N5/c1-8-5-10(6-15-9(8)2)18-13-11-3-4-14-12(11)16-7-17-13/h3-7H,1-2H3,(H2,14,16,17,18). The zero-order valence-corrected chi connectivity index (χ0v) is 10.2. The predicted octanol–water partition coefficient (Wildman–Crippen LogP) is 2.71. The minimum Gasteiger partial charge on any atom is -0.346 e. The average Bonchev–Trinajstić information content (AvgIpc) is 2.83. The lowest BCUT2D eigenvalue weighted by Crippen LogP contribution is -1.97. The Kier molecular flexibility index (Phi) is 2.44. The summed E-state index contributed by atoms with van der Waals surface area (Å²) in [5.74, 6) is 0.784. The fourth-order valence-electron chi connectivity index (χ4n) is 1.82. The van der Waals surface area contributed by atoms with E-state index in [1.807, 2.05) is 32.3 Å². The van der Waals surface area contributed by atoms with Gasteiger partial charge in [-0.3, -0.25) is 4.98 Å². The Labute approximate surface area is 104 Å². The van der Waals surface area contributed by atoms with E-state index >= 15 is 0 Å². The molecule has 0 bridgehead atoms. The van der Waals surface area contributed by atoms with Crippen LogP contribution in [-0.4, -0.2) is 19.9 Å². The summed E-state index contributed by atoms with van der Waals surface area (Å²) in [7, 11) is 0. The first kappa shape index (κ1) is 10.7. The molecule has 2 N–H and O–H groups in total. The quantitative estimate of drug-likeness (QED) is 0.721. The van der Waals surface area contributed by atoms with Gasteiger partial charge in [-0.1, -0.05) is 0 Å². The zero-order chi connectivity index (χ0) is 12.5. The molecule has 90 valence electrons. The maximum absolute atomic E-state index is 4.33. The van der Waals surface area contributed by atoms with Crippen molar-refractivity contribution in [2.45, 2.75) is 13.8 Å². The molecule has 3 rings (SSSR count). The van der Waals surface area contributed by atoms with Gasteiger partial charge in [0, 0.05) is 11.9 Å². The van der Waals surface area contributed by atoms with E-state index in [1.165, 1.54) is 6.33 Å². The Morgan fingerprint density at radius 1 is 1.17 bits per heavy atom.